The molecule has 38 heavy (non-hydrogen) atoms. The van der Waals surface area contributed by atoms with Crippen LogP contribution in [0.2, 0.25) is 0 Å². The van der Waals surface area contributed by atoms with E-state index in [9.17, 15) is 18.7 Å². The minimum absolute atomic E-state index is 0.120. The number of nitrogens with one attached hydrogen (secondary N) is 2. The van der Waals surface area contributed by atoms with E-state index in [1.165, 1.54) is 0 Å². The van der Waals surface area contributed by atoms with Gasteiger partial charge < -0.3 is 20.1 Å². The van der Waals surface area contributed by atoms with Gasteiger partial charge in [0.1, 0.15) is 5.75 Å². The van der Waals surface area contributed by atoms with Crippen molar-refractivity contribution >= 4 is 22.6 Å². The lowest BCUT2D eigenvalue weighted by atomic mass is 9.58. The number of carboxylic acids is 1. The highest BCUT2D eigenvalue weighted by Crippen LogP contribution is 2.61. The van der Waals surface area contributed by atoms with E-state index in [1.54, 1.807) is 25.3 Å². The standard InChI is InChI=1S/C29H32F2N4O3/c1-18-12-25(38-2)22(20-6-10-34-26(18)20)15-35-11-7-28(16-29(30,31)17-28)14-24(35)21-5-4-19(27(36)37)13-23(21)33-9-3-8-32/h4-6,10,12-13,24,33-34H,3,7,9,11,14-17H2,1-2H3,(H,36,37). The van der Waals surface area contributed by atoms with E-state index in [4.69, 9.17) is 10.00 Å². The van der Waals surface area contributed by atoms with E-state index in [2.05, 4.69) is 21.3 Å². The third-order valence-corrected chi connectivity index (χ3v) is 8.17. The molecular weight excluding hydrogens is 490 g/mol. The number of halogens is 2. The lowest BCUT2D eigenvalue weighted by molar-refractivity contribution is -0.186. The third kappa shape index (κ3) is 4.81. The quantitative estimate of drug-likeness (QED) is 0.302. The molecule has 1 spiro atoms. The Hall–Kier alpha value is -3.64. The number of H-pyrrole nitrogens is 1. The number of aromatic carboxylic acids is 1. The first-order valence-electron chi connectivity index (χ1n) is 12.9. The first-order chi connectivity index (χ1) is 18.1. The number of carboxylic acid groups (broad SMARTS) is 1. The van der Waals surface area contributed by atoms with Gasteiger partial charge in [-0.25, -0.2) is 13.6 Å². The number of hydrogen-bond acceptors (Lipinski definition) is 5. The van der Waals surface area contributed by atoms with Crippen molar-refractivity contribution in [2.45, 2.75) is 57.5 Å². The fourth-order valence-electron chi connectivity index (χ4n) is 6.41. The SMILES string of the molecule is COc1cc(C)c2[nH]ccc2c1CN1CCC2(CC1c1ccc(C(=O)O)cc1NCCC#N)CC(F)(F)C2. The number of hydrogen-bond donors (Lipinski definition) is 3. The second-order valence-corrected chi connectivity index (χ2v) is 10.7. The van der Waals surface area contributed by atoms with Crippen LogP contribution < -0.4 is 10.1 Å². The Kier molecular flexibility index (Phi) is 6.78. The fourth-order valence-corrected chi connectivity index (χ4v) is 6.41. The molecule has 0 bridgehead atoms. The molecule has 7 nitrogen and oxygen atoms in total. The molecule has 0 amide bonds. The van der Waals surface area contributed by atoms with Crippen LogP contribution in [-0.4, -0.2) is 47.1 Å². The van der Waals surface area contributed by atoms with Gasteiger partial charge in [-0.1, -0.05) is 6.07 Å². The summed E-state index contributed by atoms with van der Waals surface area (Å²) in [5.41, 5.74) is 4.31. The van der Waals surface area contributed by atoms with Gasteiger partial charge in [-0.15, -0.1) is 0 Å². The summed E-state index contributed by atoms with van der Waals surface area (Å²) in [5.74, 6) is -2.90. The van der Waals surface area contributed by atoms with Crippen LogP contribution in [0.1, 0.15) is 65.2 Å². The molecule has 1 aliphatic heterocycles. The van der Waals surface area contributed by atoms with Crippen LogP contribution in [0.25, 0.3) is 10.9 Å². The van der Waals surface area contributed by atoms with Crippen LogP contribution in [0.4, 0.5) is 14.5 Å². The van der Waals surface area contributed by atoms with Crippen molar-refractivity contribution in [3.8, 4) is 11.8 Å². The Bertz CT molecular complexity index is 1400. The number of benzene rings is 2. The van der Waals surface area contributed by atoms with Gasteiger partial charge in [0.2, 0.25) is 5.92 Å². The van der Waals surface area contributed by atoms with Gasteiger partial charge >= 0.3 is 5.97 Å². The van der Waals surface area contributed by atoms with Gasteiger partial charge in [0.25, 0.3) is 0 Å². The van der Waals surface area contributed by atoms with Crippen LogP contribution in [0.5, 0.6) is 5.75 Å². The van der Waals surface area contributed by atoms with Crippen LogP contribution in [0, 0.1) is 23.7 Å². The Morgan fingerprint density at radius 1 is 1.32 bits per heavy atom. The molecule has 5 rings (SSSR count). The molecule has 2 aliphatic rings. The average Bonchev–Trinajstić information content (AvgIpc) is 3.36. The Balaban J connectivity index is 1.56. The second kappa shape index (κ2) is 9.91. The molecule has 2 fully saturated rings. The molecule has 1 unspecified atom stereocenters. The van der Waals surface area contributed by atoms with E-state index in [-0.39, 0.29) is 30.9 Å². The van der Waals surface area contributed by atoms with Crippen molar-refractivity contribution in [1.29, 1.82) is 5.26 Å². The molecule has 3 aromatic rings. The summed E-state index contributed by atoms with van der Waals surface area (Å²) in [6, 6.07) is 10.9. The number of ether oxygens (including phenoxy) is 1. The summed E-state index contributed by atoms with van der Waals surface area (Å²) >= 11 is 0. The number of likely N-dealkylation sites (tertiary alicyclic amines) is 1. The van der Waals surface area contributed by atoms with E-state index in [1.807, 2.05) is 25.3 Å². The summed E-state index contributed by atoms with van der Waals surface area (Å²) in [5, 5.41) is 22.9. The number of anilines is 1. The first kappa shape index (κ1) is 26.0. The Morgan fingerprint density at radius 2 is 2.11 bits per heavy atom. The van der Waals surface area contributed by atoms with Gasteiger partial charge in [0.05, 0.1) is 25.2 Å². The van der Waals surface area contributed by atoms with Gasteiger partial charge in [0, 0.05) is 60.3 Å². The zero-order chi connectivity index (χ0) is 27.1. The minimum atomic E-state index is -2.63. The highest BCUT2D eigenvalue weighted by molar-refractivity contribution is 5.89. The van der Waals surface area contributed by atoms with E-state index >= 15 is 0 Å². The molecule has 200 valence electrons. The molecule has 1 saturated carbocycles. The number of piperidine rings is 1. The predicted molar refractivity (Wildman–Crippen MR) is 141 cm³/mol. The minimum Gasteiger partial charge on any atom is -0.496 e. The molecule has 0 radical (unpaired) electrons. The summed E-state index contributed by atoms with van der Waals surface area (Å²) in [6.07, 6.45) is 3.14. The maximum Gasteiger partial charge on any atom is 0.335 e. The third-order valence-electron chi connectivity index (χ3n) is 8.17. The zero-order valence-electron chi connectivity index (χ0n) is 21.6. The molecule has 1 aliphatic carbocycles. The molecule has 1 atom stereocenters. The monoisotopic (exact) mass is 522 g/mol. The highest BCUT2D eigenvalue weighted by Gasteiger charge is 2.58. The maximum atomic E-state index is 14.1. The maximum absolute atomic E-state index is 14.1. The number of rotatable bonds is 8. The summed E-state index contributed by atoms with van der Waals surface area (Å²) in [4.78, 5) is 17.3. The van der Waals surface area contributed by atoms with Gasteiger partial charge in [-0.05, 0) is 67.1 Å². The fraction of sp³-hybridized carbons (Fsp3) is 0.448. The molecule has 1 saturated heterocycles. The number of aromatic nitrogens is 1. The number of alkyl halides is 2. The second-order valence-electron chi connectivity index (χ2n) is 10.7. The Morgan fingerprint density at radius 3 is 2.79 bits per heavy atom. The number of aryl methyl sites for hydroxylation is 1. The summed E-state index contributed by atoms with van der Waals surface area (Å²) in [6.45, 7) is 3.56. The average molecular weight is 523 g/mol. The predicted octanol–water partition coefficient (Wildman–Crippen LogP) is 6.26. The van der Waals surface area contributed by atoms with Crippen LogP contribution in [0.15, 0.2) is 36.5 Å². The van der Waals surface area contributed by atoms with E-state index in [0.29, 0.717) is 38.2 Å². The molecule has 1 aromatic heterocycles. The largest absolute Gasteiger partial charge is 0.496 e. The molecular formula is C29H32F2N4O3. The smallest absolute Gasteiger partial charge is 0.335 e. The topological polar surface area (TPSA) is 101 Å². The number of nitriles is 1. The lowest BCUT2D eigenvalue weighted by Gasteiger charge is -2.55. The van der Waals surface area contributed by atoms with Crippen LogP contribution in [-0.2, 0) is 6.54 Å². The van der Waals surface area contributed by atoms with E-state index in [0.717, 1.165) is 33.3 Å². The highest BCUT2D eigenvalue weighted by atomic mass is 19.3. The summed E-state index contributed by atoms with van der Waals surface area (Å²) in [7, 11) is 1.65. The molecule has 3 N–H and O–H groups in total. The van der Waals surface area contributed by atoms with Crippen molar-refractivity contribution in [3.63, 3.8) is 0 Å². The first-order valence-corrected chi connectivity index (χ1v) is 12.9. The van der Waals surface area contributed by atoms with Crippen molar-refractivity contribution in [2.75, 3.05) is 25.5 Å². The molecule has 9 heteroatoms. The normalized spacial score (nSPS) is 20.1. The van der Waals surface area contributed by atoms with Crippen molar-refractivity contribution in [2.24, 2.45) is 5.41 Å². The van der Waals surface area contributed by atoms with Crippen molar-refractivity contribution in [3.05, 3.63) is 58.8 Å². The molecule has 2 heterocycles. The van der Waals surface area contributed by atoms with Crippen molar-refractivity contribution in [1.82, 2.24) is 9.88 Å². The van der Waals surface area contributed by atoms with Gasteiger partial charge in [-0.2, -0.15) is 5.26 Å². The van der Waals surface area contributed by atoms with Crippen LogP contribution >= 0.6 is 0 Å². The Labute approximate surface area is 220 Å². The van der Waals surface area contributed by atoms with Crippen LogP contribution in [0.3, 0.4) is 0 Å². The van der Waals surface area contributed by atoms with Gasteiger partial charge in [0.15, 0.2) is 0 Å². The number of methoxy groups -OCH3 is 1. The number of aromatic amines is 1. The van der Waals surface area contributed by atoms with Gasteiger partial charge in [-0.3, -0.25) is 4.90 Å². The van der Waals surface area contributed by atoms with E-state index < -0.39 is 17.3 Å². The lowest BCUT2D eigenvalue weighted by Crippen LogP contribution is -2.53. The number of nitrogens with zero attached hydrogens (tertiary/aromatic N) is 2. The summed E-state index contributed by atoms with van der Waals surface area (Å²) < 4.78 is 34.0. The van der Waals surface area contributed by atoms with Crippen molar-refractivity contribution < 1.29 is 23.4 Å². The number of fused-ring (bicyclic) bond motifs is 1. The molecule has 2 aromatic carbocycles. The zero-order valence-corrected chi connectivity index (χ0v) is 21.6. The number of carbonyl (C=O) groups is 1.